The summed E-state index contributed by atoms with van der Waals surface area (Å²) in [5.41, 5.74) is 0.238. The molecule has 90 valence electrons. The summed E-state index contributed by atoms with van der Waals surface area (Å²) < 4.78 is 12.7. The van der Waals surface area contributed by atoms with E-state index in [9.17, 15) is 4.39 Å². The number of piperidine rings is 1. The highest BCUT2D eigenvalue weighted by atomic mass is 19.1. The minimum Gasteiger partial charge on any atom is -0.310 e. The minimum absolute atomic E-state index is 0.238. The monoisotopic (exact) mass is 216 g/mol. The molecule has 1 aliphatic heterocycles. The maximum Gasteiger partial charge on any atom is 0.110 e. The summed E-state index contributed by atoms with van der Waals surface area (Å²) in [6.45, 7) is 11.1. The Labute approximate surface area is 93.2 Å². The smallest absolute Gasteiger partial charge is 0.110 e. The van der Waals surface area contributed by atoms with Crippen LogP contribution in [0.3, 0.4) is 0 Å². The van der Waals surface area contributed by atoms with Gasteiger partial charge in [0, 0.05) is 24.7 Å². The average Bonchev–Trinajstić information content (AvgIpc) is 2.14. The van der Waals surface area contributed by atoms with Gasteiger partial charge in [0.15, 0.2) is 0 Å². The van der Waals surface area contributed by atoms with E-state index in [1.807, 2.05) is 0 Å². The molecule has 3 heteroatoms. The summed E-state index contributed by atoms with van der Waals surface area (Å²) in [5.74, 6) is 0. The van der Waals surface area contributed by atoms with E-state index in [0.717, 1.165) is 6.54 Å². The molecule has 0 bridgehead atoms. The number of alkyl halides is 1. The topological polar surface area (TPSA) is 15.3 Å². The third-order valence-corrected chi connectivity index (χ3v) is 3.06. The molecule has 1 rings (SSSR count). The molecule has 1 saturated heterocycles. The van der Waals surface area contributed by atoms with E-state index in [2.05, 4.69) is 31.0 Å². The van der Waals surface area contributed by atoms with Crippen molar-refractivity contribution in [3.05, 3.63) is 0 Å². The Hall–Kier alpha value is -0.150. The highest BCUT2D eigenvalue weighted by molar-refractivity contribution is 4.85. The second kappa shape index (κ2) is 5.26. The van der Waals surface area contributed by atoms with Crippen molar-refractivity contribution in [2.24, 2.45) is 0 Å². The predicted molar refractivity (Wildman–Crippen MR) is 62.9 cm³/mol. The number of halogens is 1. The first-order valence-corrected chi connectivity index (χ1v) is 6.02. The summed E-state index contributed by atoms with van der Waals surface area (Å²) in [6, 6.07) is 0.469. The Bertz CT molecular complexity index is 187. The van der Waals surface area contributed by atoms with Crippen molar-refractivity contribution in [1.82, 2.24) is 10.2 Å². The summed E-state index contributed by atoms with van der Waals surface area (Å²) >= 11 is 0. The Morgan fingerprint density at radius 2 is 2.13 bits per heavy atom. The molecule has 0 amide bonds. The number of nitrogens with zero attached hydrogens (tertiary/aromatic N) is 1. The Morgan fingerprint density at radius 1 is 1.47 bits per heavy atom. The van der Waals surface area contributed by atoms with Gasteiger partial charge in [-0.1, -0.05) is 0 Å². The summed E-state index contributed by atoms with van der Waals surface area (Å²) in [4.78, 5) is 2.48. The predicted octanol–water partition coefficient (Wildman–Crippen LogP) is 2.20. The van der Waals surface area contributed by atoms with E-state index in [1.165, 1.54) is 19.4 Å². The summed E-state index contributed by atoms with van der Waals surface area (Å²) in [5, 5.41) is 3.31. The number of hydrogen-bond acceptors (Lipinski definition) is 2. The van der Waals surface area contributed by atoms with Crippen molar-refractivity contribution < 1.29 is 4.39 Å². The third-order valence-electron chi connectivity index (χ3n) is 3.06. The maximum absolute atomic E-state index is 12.7. The molecule has 0 radical (unpaired) electrons. The lowest BCUT2D eigenvalue weighted by Gasteiger charge is -2.42. The van der Waals surface area contributed by atoms with Gasteiger partial charge in [-0.2, -0.15) is 0 Å². The van der Waals surface area contributed by atoms with Gasteiger partial charge >= 0.3 is 0 Å². The van der Waals surface area contributed by atoms with Crippen molar-refractivity contribution in [3.8, 4) is 0 Å². The highest BCUT2D eigenvalue weighted by Crippen LogP contribution is 2.19. The lowest BCUT2D eigenvalue weighted by Crippen LogP contribution is -2.53. The fourth-order valence-electron chi connectivity index (χ4n) is 2.08. The van der Waals surface area contributed by atoms with E-state index >= 15 is 0 Å². The zero-order chi connectivity index (χ0) is 11.5. The molecule has 0 spiro atoms. The first-order valence-electron chi connectivity index (χ1n) is 6.02. The van der Waals surface area contributed by atoms with Crippen molar-refractivity contribution in [1.29, 1.82) is 0 Å². The molecular weight excluding hydrogens is 191 g/mol. The summed E-state index contributed by atoms with van der Waals surface area (Å²) in [7, 11) is 0. The van der Waals surface area contributed by atoms with Gasteiger partial charge in [0.05, 0.1) is 0 Å². The van der Waals surface area contributed by atoms with Gasteiger partial charge in [0.1, 0.15) is 6.17 Å². The van der Waals surface area contributed by atoms with Crippen LogP contribution in [0.4, 0.5) is 4.39 Å². The van der Waals surface area contributed by atoms with Crippen molar-refractivity contribution in [2.75, 3.05) is 19.6 Å². The second-order valence-electron chi connectivity index (χ2n) is 5.65. The van der Waals surface area contributed by atoms with Gasteiger partial charge < -0.3 is 5.32 Å². The van der Waals surface area contributed by atoms with Gasteiger partial charge in [-0.25, -0.2) is 4.39 Å². The SMILES string of the molecule is CC(F)CNC1CCCN(C(C)(C)C)C1. The van der Waals surface area contributed by atoms with E-state index in [4.69, 9.17) is 0 Å². The van der Waals surface area contributed by atoms with Gasteiger partial charge in [-0.3, -0.25) is 4.90 Å². The zero-order valence-corrected chi connectivity index (χ0v) is 10.5. The standard InChI is InChI=1S/C12H25FN2/c1-10(13)8-14-11-6-5-7-15(9-11)12(2,3)4/h10-11,14H,5-9H2,1-4H3. The molecule has 0 aromatic carbocycles. The highest BCUT2D eigenvalue weighted by Gasteiger charge is 2.27. The number of rotatable bonds is 3. The molecule has 1 N–H and O–H groups in total. The minimum atomic E-state index is -0.741. The number of nitrogens with one attached hydrogen (secondary N) is 1. The van der Waals surface area contributed by atoms with E-state index < -0.39 is 6.17 Å². The van der Waals surface area contributed by atoms with Crippen LogP contribution in [0.2, 0.25) is 0 Å². The molecule has 0 aromatic heterocycles. The van der Waals surface area contributed by atoms with E-state index in [-0.39, 0.29) is 5.54 Å². The van der Waals surface area contributed by atoms with E-state index in [0.29, 0.717) is 12.6 Å². The molecule has 1 fully saturated rings. The van der Waals surface area contributed by atoms with Gasteiger partial charge in [-0.05, 0) is 47.1 Å². The van der Waals surface area contributed by atoms with Gasteiger partial charge in [-0.15, -0.1) is 0 Å². The molecule has 15 heavy (non-hydrogen) atoms. The molecule has 1 aliphatic rings. The normalized spacial score (nSPS) is 26.6. The van der Waals surface area contributed by atoms with Gasteiger partial charge in [0.2, 0.25) is 0 Å². The van der Waals surface area contributed by atoms with Crippen LogP contribution in [0, 0.1) is 0 Å². The molecule has 2 unspecified atom stereocenters. The van der Waals surface area contributed by atoms with Crippen LogP contribution in [-0.2, 0) is 0 Å². The quantitative estimate of drug-likeness (QED) is 0.778. The molecule has 1 heterocycles. The van der Waals surface area contributed by atoms with Crippen molar-refractivity contribution in [3.63, 3.8) is 0 Å². The van der Waals surface area contributed by atoms with Crippen LogP contribution < -0.4 is 5.32 Å². The maximum atomic E-state index is 12.7. The van der Waals surface area contributed by atoms with Crippen LogP contribution in [0.25, 0.3) is 0 Å². The van der Waals surface area contributed by atoms with Crippen LogP contribution >= 0.6 is 0 Å². The molecule has 0 aromatic rings. The Balaban J connectivity index is 2.36. The number of hydrogen-bond donors (Lipinski definition) is 1. The van der Waals surface area contributed by atoms with Crippen molar-refractivity contribution >= 4 is 0 Å². The lowest BCUT2D eigenvalue weighted by molar-refractivity contribution is 0.0890. The summed E-state index contributed by atoms with van der Waals surface area (Å²) in [6.07, 6.45) is 1.66. The third kappa shape index (κ3) is 4.47. The van der Waals surface area contributed by atoms with Gasteiger partial charge in [0.25, 0.3) is 0 Å². The molecule has 2 nitrogen and oxygen atoms in total. The van der Waals surface area contributed by atoms with Crippen LogP contribution in [0.5, 0.6) is 0 Å². The van der Waals surface area contributed by atoms with Crippen molar-refractivity contribution in [2.45, 2.75) is 58.3 Å². The fraction of sp³-hybridized carbons (Fsp3) is 1.00. The number of likely N-dealkylation sites (tertiary alicyclic amines) is 1. The van der Waals surface area contributed by atoms with Crippen LogP contribution in [-0.4, -0.2) is 42.3 Å². The van der Waals surface area contributed by atoms with Crippen LogP contribution in [0.1, 0.15) is 40.5 Å². The molecule has 0 aliphatic carbocycles. The first kappa shape index (κ1) is 12.9. The zero-order valence-electron chi connectivity index (χ0n) is 10.5. The largest absolute Gasteiger partial charge is 0.310 e. The van der Waals surface area contributed by atoms with E-state index in [1.54, 1.807) is 6.92 Å². The fourth-order valence-corrected chi connectivity index (χ4v) is 2.08. The second-order valence-corrected chi connectivity index (χ2v) is 5.65. The molecule has 0 saturated carbocycles. The molecule has 2 atom stereocenters. The molecular formula is C12H25FN2. The van der Waals surface area contributed by atoms with Crippen LogP contribution in [0.15, 0.2) is 0 Å². The first-order chi connectivity index (χ1) is 6.89. The Kier molecular flexibility index (Phi) is 4.53. The lowest BCUT2D eigenvalue weighted by atomic mass is 9.98. The Morgan fingerprint density at radius 3 is 2.67 bits per heavy atom. The average molecular weight is 216 g/mol.